The third-order valence-corrected chi connectivity index (χ3v) is 2.36. The number of anilines is 1. The molecule has 7 heteroatoms. The zero-order valence-electron chi connectivity index (χ0n) is 7.08. The first-order valence-electron chi connectivity index (χ1n) is 3.67. The first-order chi connectivity index (χ1) is 6.73. The van der Waals surface area contributed by atoms with Crippen molar-refractivity contribution in [2.45, 2.75) is 12.6 Å². The van der Waals surface area contributed by atoms with Gasteiger partial charge in [-0.2, -0.15) is 13.2 Å². The smallest absolute Gasteiger partial charge is 0.398 e. The van der Waals surface area contributed by atoms with Gasteiger partial charge in [0.2, 0.25) is 0 Å². The van der Waals surface area contributed by atoms with Gasteiger partial charge in [0.15, 0.2) is 0 Å². The fourth-order valence-electron chi connectivity index (χ4n) is 1.03. The van der Waals surface area contributed by atoms with Crippen LogP contribution in [0.3, 0.4) is 0 Å². The molecule has 0 aromatic heterocycles. The van der Waals surface area contributed by atoms with E-state index < -0.39 is 29.4 Å². The van der Waals surface area contributed by atoms with Gasteiger partial charge in [-0.15, -0.1) is 0 Å². The van der Waals surface area contributed by atoms with Crippen molar-refractivity contribution in [3.63, 3.8) is 0 Å². The molecule has 84 valence electrons. The molecular formula is C8H5BrF5N. The Hall–Kier alpha value is -0.850. The highest BCUT2D eigenvalue weighted by Gasteiger charge is 2.32. The molecule has 0 aliphatic rings. The zero-order valence-corrected chi connectivity index (χ0v) is 8.66. The van der Waals surface area contributed by atoms with Crippen molar-refractivity contribution in [3.05, 3.63) is 27.7 Å². The topological polar surface area (TPSA) is 26.0 Å². The number of benzene rings is 1. The number of alkyl halides is 5. The van der Waals surface area contributed by atoms with Crippen LogP contribution in [0.1, 0.15) is 17.6 Å². The van der Waals surface area contributed by atoms with Crippen LogP contribution in [0.2, 0.25) is 0 Å². The molecule has 1 rings (SSSR count). The summed E-state index contributed by atoms with van der Waals surface area (Å²) in [6, 6.07) is 1.07. The van der Waals surface area contributed by atoms with Gasteiger partial charge in [0.05, 0.1) is 11.1 Å². The van der Waals surface area contributed by atoms with E-state index in [1.165, 1.54) is 0 Å². The summed E-state index contributed by atoms with van der Waals surface area (Å²) in [6.07, 6.45) is -7.52. The lowest BCUT2D eigenvalue weighted by Gasteiger charge is -2.12. The maximum atomic E-state index is 12.3. The van der Waals surface area contributed by atoms with Gasteiger partial charge in [-0.1, -0.05) is 15.9 Å². The van der Waals surface area contributed by atoms with Crippen LogP contribution in [0, 0.1) is 0 Å². The second-order valence-electron chi connectivity index (χ2n) is 2.76. The van der Waals surface area contributed by atoms with E-state index in [-0.39, 0.29) is 4.47 Å². The Balaban J connectivity index is 3.32. The maximum absolute atomic E-state index is 12.3. The quantitative estimate of drug-likeness (QED) is 0.614. The molecular weight excluding hydrogens is 285 g/mol. The van der Waals surface area contributed by atoms with Gasteiger partial charge in [0.25, 0.3) is 6.43 Å². The highest BCUT2D eigenvalue weighted by Crippen LogP contribution is 2.38. The average molecular weight is 290 g/mol. The Kier molecular flexibility index (Phi) is 3.22. The van der Waals surface area contributed by atoms with E-state index >= 15 is 0 Å². The third-order valence-electron chi connectivity index (χ3n) is 1.71. The summed E-state index contributed by atoms with van der Waals surface area (Å²) in [5.41, 5.74) is 2.85. The zero-order chi connectivity index (χ0) is 11.8. The minimum absolute atomic E-state index is 0.343. The van der Waals surface area contributed by atoms with Crippen molar-refractivity contribution in [3.8, 4) is 0 Å². The van der Waals surface area contributed by atoms with Crippen LogP contribution in [0.25, 0.3) is 0 Å². The Labute approximate surface area is 90.2 Å². The summed E-state index contributed by atoms with van der Waals surface area (Å²) in [5, 5.41) is 0. The van der Waals surface area contributed by atoms with Crippen LogP contribution < -0.4 is 5.73 Å². The van der Waals surface area contributed by atoms with Crippen molar-refractivity contribution >= 4 is 21.6 Å². The molecule has 0 radical (unpaired) electrons. The number of nitrogen functional groups attached to an aromatic ring is 1. The second kappa shape index (κ2) is 3.96. The fraction of sp³-hybridized carbons (Fsp3) is 0.250. The molecule has 0 heterocycles. The van der Waals surface area contributed by atoms with Crippen LogP contribution in [0.5, 0.6) is 0 Å². The van der Waals surface area contributed by atoms with Gasteiger partial charge in [-0.3, -0.25) is 0 Å². The molecule has 0 fully saturated rings. The van der Waals surface area contributed by atoms with Crippen molar-refractivity contribution in [1.82, 2.24) is 0 Å². The molecule has 15 heavy (non-hydrogen) atoms. The first kappa shape index (κ1) is 12.2. The molecule has 2 N–H and O–H groups in total. The Morgan fingerprint density at radius 1 is 1.20 bits per heavy atom. The summed E-state index contributed by atoms with van der Waals surface area (Å²) in [4.78, 5) is 0. The molecule has 0 aliphatic carbocycles. The van der Waals surface area contributed by atoms with E-state index in [0.29, 0.717) is 12.1 Å². The van der Waals surface area contributed by atoms with Crippen LogP contribution in [-0.4, -0.2) is 0 Å². The normalized spacial score (nSPS) is 12.2. The fourth-order valence-corrected chi connectivity index (χ4v) is 1.68. The van der Waals surface area contributed by atoms with E-state index in [2.05, 4.69) is 15.9 Å². The summed E-state index contributed by atoms with van der Waals surface area (Å²) in [6.45, 7) is 0. The molecule has 0 amide bonds. The van der Waals surface area contributed by atoms with Gasteiger partial charge < -0.3 is 5.73 Å². The minimum Gasteiger partial charge on any atom is -0.398 e. The summed E-state index contributed by atoms with van der Waals surface area (Å²) >= 11 is 2.63. The Bertz CT molecular complexity index is 351. The predicted octanol–water partition coefficient (Wildman–Crippen LogP) is 3.99. The molecule has 0 unspecified atom stereocenters. The molecule has 0 saturated heterocycles. The van der Waals surface area contributed by atoms with Crippen LogP contribution in [0.15, 0.2) is 16.6 Å². The third kappa shape index (κ3) is 2.58. The van der Waals surface area contributed by atoms with E-state index in [1.54, 1.807) is 0 Å². The number of hydrogen-bond acceptors (Lipinski definition) is 1. The Morgan fingerprint density at radius 2 is 1.73 bits per heavy atom. The predicted molar refractivity (Wildman–Crippen MR) is 48.5 cm³/mol. The van der Waals surface area contributed by atoms with Gasteiger partial charge >= 0.3 is 6.18 Å². The summed E-state index contributed by atoms with van der Waals surface area (Å²) in [7, 11) is 0. The van der Waals surface area contributed by atoms with Crippen molar-refractivity contribution < 1.29 is 22.0 Å². The molecule has 0 bridgehead atoms. The number of rotatable bonds is 1. The first-order valence-corrected chi connectivity index (χ1v) is 4.47. The number of hydrogen-bond donors (Lipinski definition) is 1. The van der Waals surface area contributed by atoms with Crippen LogP contribution in [0.4, 0.5) is 27.6 Å². The van der Waals surface area contributed by atoms with E-state index in [9.17, 15) is 22.0 Å². The second-order valence-corrected chi connectivity index (χ2v) is 3.61. The van der Waals surface area contributed by atoms with Crippen molar-refractivity contribution in [1.29, 1.82) is 0 Å². The lowest BCUT2D eigenvalue weighted by molar-refractivity contribution is -0.137. The lowest BCUT2D eigenvalue weighted by Crippen LogP contribution is -2.07. The SMILES string of the molecule is Nc1cc(C(F)(F)F)cc(Br)c1C(F)F. The number of nitrogens with two attached hydrogens (primary N) is 1. The average Bonchev–Trinajstić information content (AvgIpc) is 1.99. The molecule has 1 aromatic rings. The van der Waals surface area contributed by atoms with E-state index in [0.717, 1.165) is 0 Å². The van der Waals surface area contributed by atoms with Crippen molar-refractivity contribution in [2.75, 3.05) is 5.73 Å². The largest absolute Gasteiger partial charge is 0.416 e. The highest BCUT2D eigenvalue weighted by atomic mass is 79.9. The van der Waals surface area contributed by atoms with Gasteiger partial charge in [0, 0.05) is 10.2 Å². The van der Waals surface area contributed by atoms with Crippen molar-refractivity contribution in [2.24, 2.45) is 0 Å². The lowest BCUT2D eigenvalue weighted by atomic mass is 10.1. The minimum atomic E-state index is -4.60. The van der Waals surface area contributed by atoms with Crippen LogP contribution >= 0.6 is 15.9 Å². The molecule has 0 aliphatic heterocycles. The van der Waals surface area contributed by atoms with Gasteiger partial charge in [0.1, 0.15) is 0 Å². The van der Waals surface area contributed by atoms with E-state index in [1.807, 2.05) is 0 Å². The summed E-state index contributed by atoms with van der Waals surface area (Å²) < 4.78 is 61.0. The Morgan fingerprint density at radius 3 is 2.07 bits per heavy atom. The van der Waals surface area contributed by atoms with Gasteiger partial charge in [-0.25, -0.2) is 8.78 Å². The van der Waals surface area contributed by atoms with Gasteiger partial charge in [-0.05, 0) is 12.1 Å². The molecule has 0 spiro atoms. The molecule has 0 atom stereocenters. The standard InChI is InChI=1S/C8H5BrF5N/c9-4-1-3(8(12,13)14)2-5(15)6(4)7(10)11/h1-2,7H,15H2. The van der Waals surface area contributed by atoms with Crippen LogP contribution in [-0.2, 0) is 6.18 Å². The number of halogens is 6. The molecule has 0 saturated carbocycles. The monoisotopic (exact) mass is 289 g/mol. The highest BCUT2D eigenvalue weighted by molar-refractivity contribution is 9.10. The molecule has 1 aromatic carbocycles. The maximum Gasteiger partial charge on any atom is 0.416 e. The van der Waals surface area contributed by atoms with E-state index in [4.69, 9.17) is 5.73 Å². The molecule has 1 nitrogen and oxygen atoms in total. The summed E-state index contributed by atoms with van der Waals surface area (Å²) in [5.74, 6) is 0.